The van der Waals surface area contributed by atoms with Gasteiger partial charge in [0.05, 0.1) is 22.6 Å². The van der Waals surface area contributed by atoms with Crippen LogP contribution in [-0.4, -0.2) is 38.4 Å². The Morgan fingerprint density at radius 1 is 1.16 bits per heavy atom. The minimum Gasteiger partial charge on any atom is -0.349 e. The van der Waals surface area contributed by atoms with Crippen LogP contribution in [0, 0.1) is 5.82 Å². The first-order chi connectivity index (χ1) is 15.6. The molecule has 1 heterocycles. The first kappa shape index (κ1) is 21.8. The fourth-order valence-corrected chi connectivity index (χ4v) is 3.88. The minimum atomic E-state index is -0.402. The van der Waals surface area contributed by atoms with Gasteiger partial charge in [-0.25, -0.2) is 4.39 Å². The number of amides is 2. The normalized spacial score (nSPS) is 12.9. The number of thioether (sulfide) groups is 1. The van der Waals surface area contributed by atoms with Crippen LogP contribution < -0.4 is 10.6 Å². The molecule has 1 aromatic heterocycles. The predicted octanol–water partition coefficient (Wildman–Crippen LogP) is 3.89. The molecule has 1 aliphatic carbocycles. The summed E-state index contributed by atoms with van der Waals surface area (Å²) < 4.78 is 15.9. The molecule has 1 fully saturated rings. The zero-order valence-corrected chi connectivity index (χ0v) is 18.1. The van der Waals surface area contributed by atoms with E-state index in [1.54, 1.807) is 53.1 Å². The molecule has 1 aliphatic rings. The Bertz CT molecular complexity index is 1160. The Balaban J connectivity index is 1.45. The zero-order valence-electron chi connectivity index (χ0n) is 17.3. The van der Waals surface area contributed by atoms with Crippen molar-refractivity contribution in [3.8, 4) is 11.4 Å². The van der Waals surface area contributed by atoms with Gasteiger partial charge in [-0.2, -0.15) is 0 Å². The minimum absolute atomic E-state index is 0.0468. The molecule has 0 bridgehead atoms. The number of benzene rings is 2. The van der Waals surface area contributed by atoms with E-state index < -0.39 is 5.82 Å². The Labute approximate surface area is 189 Å². The number of carbonyl (C=O) groups excluding carboxylic acids is 2. The van der Waals surface area contributed by atoms with Gasteiger partial charge in [0.25, 0.3) is 5.91 Å². The van der Waals surface area contributed by atoms with Gasteiger partial charge in [0.1, 0.15) is 5.82 Å². The van der Waals surface area contributed by atoms with Crippen molar-refractivity contribution in [3.05, 3.63) is 72.6 Å². The molecule has 32 heavy (non-hydrogen) atoms. The van der Waals surface area contributed by atoms with Gasteiger partial charge < -0.3 is 10.6 Å². The molecule has 3 aromatic rings. The number of aromatic nitrogens is 3. The van der Waals surface area contributed by atoms with Gasteiger partial charge in [-0.1, -0.05) is 42.1 Å². The van der Waals surface area contributed by atoms with E-state index in [9.17, 15) is 14.0 Å². The van der Waals surface area contributed by atoms with E-state index in [0.717, 1.165) is 12.8 Å². The van der Waals surface area contributed by atoms with E-state index in [1.807, 2.05) is 0 Å². The molecule has 164 valence electrons. The number of nitrogens with zero attached hydrogens (tertiary/aromatic N) is 3. The lowest BCUT2D eigenvalue weighted by Gasteiger charge is -2.11. The third-order valence-electron chi connectivity index (χ3n) is 4.83. The fraction of sp³-hybridized carbons (Fsp3) is 0.217. The molecule has 9 heteroatoms. The summed E-state index contributed by atoms with van der Waals surface area (Å²) in [6.07, 6.45) is 3.63. The van der Waals surface area contributed by atoms with Crippen LogP contribution in [0.4, 0.5) is 10.1 Å². The molecule has 2 aromatic carbocycles. The van der Waals surface area contributed by atoms with Gasteiger partial charge in [0.2, 0.25) is 5.91 Å². The summed E-state index contributed by atoms with van der Waals surface area (Å²) in [5.74, 6) is -0.474. The Morgan fingerprint density at radius 3 is 2.66 bits per heavy atom. The number of nitrogens with one attached hydrogen (secondary N) is 2. The predicted molar refractivity (Wildman–Crippen MR) is 122 cm³/mol. The van der Waals surface area contributed by atoms with Gasteiger partial charge in [-0.3, -0.25) is 14.2 Å². The van der Waals surface area contributed by atoms with Crippen LogP contribution >= 0.6 is 11.8 Å². The topological polar surface area (TPSA) is 88.9 Å². The molecule has 0 unspecified atom stereocenters. The Hall–Kier alpha value is -3.46. The highest BCUT2D eigenvalue weighted by molar-refractivity contribution is 7.99. The lowest BCUT2D eigenvalue weighted by atomic mass is 10.1. The van der Waals surface area contributed by atoms with Crippen molar-refractivity contribution < 1.29 is 14.0 Å². The van der Waals surface area contributed by atoms with Crippen molar-refractivity contribution in [2.24, 2.45) is 0 Å². The maximum atomic E-state index is 14.2. The molecule has 2 N–H and O–H groups in total. The highest BCUT2D eigenvalue weighted by Crippen LogP contribution is 2.26. The number of para-hydroxylation sites is 1. The summed E-state index contributed by atoms with van der Waals surface area (Å²) in [6.45, 7) is 4.11. The molecule has 0 spiro atoms. The Morgan fingerprint density at radius 2 is 1.91 bits per heavy atom. The lowest BCUT2D eigenvalue weighted by molar-refractivity contribution is -0.113. The second-order valence-electron chi connectivity index (χ2n) is 7.32. The number of hydrogen-bond acceptors (Lipinski definition) is 5. The molecular weight excluding hydrogens is 429 g/mol. The van der Waals surface area contributed by atoms with Crippen LogP contribution in [0.5, 0.6) is 0 Å². The standard InChI is InChI=1S/C23H22FN5O2S/c1-2-13-29-21(16-7-3-5-9-18(16)24)27-28-23(29)32-14-20(30)26-19-10-6-4-8-17(19)22(31)25-15-11-12-15/h2-10,15H,1,11-14H2,(H,25,31)(H,26,30). The number of hydrogen-bond donors (Lipinski definition) is 2. The maximum Gasteiger partial charge on any atom is 0.253 e. The fourth-order valence-electron chi connectivity index (χ4n) is 3.13. The van der Waals surface area contributed by atoms with E-state index in [2.05, 4.69) is 27.4 Å². The van der Waals surface area contributed by atoms with Gasteiger partial charge in [0.15, 0.2) is 11.0 Å². The van der Waals surface area contributed by atoms with Crippen molar-refractivity contribution in [1.82, 2.24) is 20.1 Å². The zero-order chi connectivity index (χ0) is 22.5. The number of allylic oxidation sites excluding steroid dienone is 1. The third kappa shape index (κ3) is 5.05. The first-order valence-electron chi connectivity index (χ1n) is 10.2. The van der Waals surface area contributed by atoms with E-state index in [1.165, 1.54) is 17.8 Å². The second-order valence-corrected chi connectivity index (χ2v) is 8.26. The van der Waals surface area contributed by atoms with Crippen molar-refractivity contribution in [3.63, 3.8) is 0 Å². The highest BCUT2D eigenvalue weighted by atomic mass is 32.2. The van der Waals surface area contributed by atoms with E-state index in [0.29, 0.717) is 34.3 Å². The van der Waals surface area contributed by atoms with Crippen LogP contribution in [0.3, 0.4) is 0 Å². The van der Waals surface area contributed by atoms with Crippen LogP contribution in [0.15, 0.2) is 66.3 Å². The summed E-state index contributed by atoms with van der Waals surface area (Å²) in [6, 6.07) is 13.4. The lowest BCUT2D eigenvalue weighted by Crippen LogP contribution is -2.27. The molecule has 7 nitrogen and oxygen atoms in total. The molecule has 4 rings (SSSR count). The molecular formula is C23H22FN5O2S. The molecule has 0 aliphatic heterocycles. The number of carbonyl (C=O) groups is 2. The van der Waals surface area contributed by atoms with E-state index in [4.69, 9.17) is 0 Å². The van der Waals surface area contributed by atoms with Crippen molar-refractivity contribution in [2.75, 3.05) is 11.1 Å². The molecule has 2 amide bonds. The number of rotatable bonds is 9. The largest absolute Gasteiger partial charge is 0.349 e. The van der Waals surface area contributed by atoms with Gasteiger partial charge in [-0.05, 0) is 37.1 Å². The number of halogens is 1. The van der Waals surface area contributed by atoms with E-state index in [-0.39, 0.29) is 23.6 Å². The van der Waals surface area contributed by atoms with Crippen molar-refractivity contribution in [2.45, 2.75) is 30.6 Å². The average Bonchev–Trinajstić information content (AvgIpc) is 3.52. The highest BCUT2D eigenvalue weighted by Gasteiger charge is 2.25. The van der Waals surface area contributed by atoms with Crippen LogP contribution in [-0.2, 0) is 11.3 Å². The summed E-state index contributed by atoms with van der Waals surface area (Å²) in [7, 11) is 0. The summed E-state index contributed by atoms with van der Waals surface area (Å²) in [4.78, 5) is 25.0. The summed E-state index contributed by atoms with van der Waals surface area (Å²) in [5, 5.41) is 14.4. The average molecular weight is 452 g/mol. The first-order valence-corrected chi connectivity index (χ1v) is 11.2. The summed E-state index contributed by atoms with van der Waals surface area (Å²) in [5.41, 5.74) is 1.21. The molecule has 0 radical (unpaired) electrons. The molecule has 1 saturated carbocycles. The quantitative estimate of drug-likeness (QED) is 0.381. The third-order valence-corrected chi connectivity index (χ3v) is 5.80. The summed E-state index contributed by atoms with van der Waals surface area (Å²) >= 11 is 1.18. The number of anilines is 1. The maximum absolute atomic E-state index is 14.2. The molecule has 0 atom stereocenters. The van der Waals surface area contributed by atoms with Gasteiger partial charge in [0, 0.05) is 12.6 Å². The van der Waals surface area contributed by atoms with Crippen LogP contribution in [0.25, 0.3) is 11.4 Å². The SMILES string of the molecule is C=CCn1c(SCC(=O)Nc2ccccc2C(=O)NC2CC2)nnc1-c1ccccc1F. The van der Waals surface area contributed by atoms with Gasteiger partial charge in [-0.15, -0.1) is 16.8 Å². The van der Waals surface area contributed by atoms with Crippen LogP contribution in [0.2, 0.25) is 0 Å². The second kappa shape index (κ2) is 9.78. The van der Waals surface area contributed by atoms with E-state index >= 15 is 0 Å². The van der Waals surface area contributed by atoms with Crippen molar-refractivity contribution >= 4 is 29.3 Å². The van der Waals surface area contributed by atoms with Crippen molar-refractivity contribution in [1.29, 1.82) is 0 Å². The smallest absolute Gasteiger partial charge is 0.253 e. The monoisotopic (exact) mass is 451 g/mol. The Kier molecular flexibility index (Phi) is 6.65. The van der Waals surface area contributed by atoms with Crippen LogP contribution in [0.1, 0.15) is 23.2 Å². The van der Waals surface area contributed by atoms with Gasteiger partial charge >= 0.3 is 0 Å². The molecule has 0 saturated heterocycles.